The van der Waals surface area contributed by atoms with Gasteiger partial charge in [0.1, 0.15) is 11.5 Å². The highest BCUT2D eigenvalue weighted by atomic mass is 16.5. The third kappa shape index (κ3) is 3.18. The lowest BCUT2D eigenvalue weighted by Gasteiger charge is -2.20. The second kappa shape index (κ2) is 7.77. The molecule has 0 radical (unpaired) electrons. The molecular weight excluding hydrogens is 310 g/mol. The number of ether oxygens (including phenoxy) is 2. The molecule has 128 valence electrons. The molecule has 24 heavy (non-hydrogen) atoms. The summed E-state index contributed by atoms with van der Waals surface area (Å²) in [7, 11) is 2.84. The van der Waals surface area contributed by atoms with E-state index in [2.05, 4.69) is 12.1 Å². The van der Waals surface area contributed by atoms with E-state index in [1.165, 1.54) is 26.4 Å². The van der Waals surface area contributed by atoms with Crippen LogP contribution in [0.3, 0.4) is 0 Å². The number of rotatable bonds is 7. The number of oxime groups is 1. The van der Waals surface area contributed by atoms with Gasteiger partial charge in [-0.1, -0.05) is 24.9 Å². The topological polar surface area (TPSA) is 85.2 Å². The lowest BCUT2D eigenvalue weighted by molar-refractivity contribution is 0.0989. The Kier molecular flexibility index (Phi) is 5.73. The first kappa shape index (κ1) is 17.7. The minimum absolute atomic E-state index is 0.149. The van der Waals surface area contributed by atoms with Crippen LogP contribution in [0.4, 0.5) is 0 Å². The highest BCUT2D eigenvalue weighted by molar-refractivity contribution is 6.25. The van der Waals surface area contributed by atoms with Gasteiger partial charge in [0.15, 0.2) is 11.6 Å². The molecule has 0 amide bonds. The molecule has 1 aromatic rings. The lowest BCUT2D eigenvalue weighted by Crippen LogP contribution is -2.17. The van der Waals surface area contributed by atoms with Crippen LogP contribution in [0.1, 0.15) is 58.9 Å². The second-order valence-electron chi connectivity index (χ2n) is 5.48. The number of methoxy groups -OCH3 is 2. The molecule has 1 aliphatic rings. The standard InChI is InChI=1S/C18H21NO5/c1-4-5-6-7-12(19-22)11-10-15(23-2)16-13(20)8-9-14(21)17(16)18(11)24-3/h8-10,22H,4-7H2,1-3H3. The van der Waals surface area contributed by atoms with Crippen LogP contribution in [-0.4, -0.2) is 36.7 Å². The Labute approximate surface area is 140 Å². The molecule has 1 N–H and O–H groups in total. The van der Waals surface area contributed by atoms with E-state index in [1.807, 2.05) is 0 Å². The van der Waals surface area contributed by atoms with Gasteiger partial charge in [0.25, 0.3) is 0 Å². The Balaban J connectivity index is 2.64. The van der Waals surface area contributed by atoms with Gasteiger partial charge in [-0.05, 0) is 31.1 Å². The molecule has 0 saturated heterocycles. The number of unbranched alkanes of at least 4 members (excludes halogenated alkanes) is 2. The van der Waals surface area contributed by atoms with E-state index in [1.54, 1.807) is 6.07 Å². The van der Waals surface area contributed by atoms with Crippen molar-refractivity contribution < 1.29 is 24.3 Å². The van der Waals surface area contributed by atoms with Crippen molar-refractivity contribution in [2.45, 2.75) is 32.6 Å². The summed E-state index contributed by atoms with van der Waals surface area (Å²) >= 11 is 0. The first-order chi connectivity index (χ1) is 11.6. The zero-order valence-corrected chi connectivity index (χ0v) is 14.1. The number of fused-ring (bicyclic) bond motifs is 1. The van der Waals surface area contributed by atoms with Crippen LogP contribution in [0.25, 0.3) is 0 Å². The summed E-state index contributed by atoms with van der Waals surface area (Å²) in [5, 5.41) is 12.8. The molecule has 0 spiro atoms. The number of carbonyl (C=O) groups excluding carboxylic acids is 2. The molecule has 6 heteroatoms. The van der Waals surface area contributed by atoms with Crippen molar-refractivity contribution in [2.75, 3.05) is 14.2 Å². The predicted molar refractivity (Wildman–Crippen MR) is 89.8 cm³/mol. The van der Waals surface area contributed by atoms with Crippen molar-refractivity contribution in [1.82, 2.24) is 0 Å². The number of hydrogen-bond acceptors (Lipinski definition) is 6. The van der Waals surface area contributed by atoms with Gasteiger partial charge < -0.3 is 14.7 Å². The SMILES string of the molecule is CCCCCC(=NO)c1cc(OC)c2c(c1OC)C(=O)C=CC2=O. The molecule has 0 fully saturated rings. The van der Waals surface area contributed by atoms with Gasteiger partial charge in [0.2, 0.25) is 0 Å². The number of benzene rings is 1. The summed E-state index contributed by atoms with van der Waals surface area (Å²) in [5.41, 5.74) is 1.19. The molecule has 0 aliphatic heterocycles. The van der Waals surface area contributed by atoms with Crippen LogP contribution >= 0.6 is 0 Å². The van der Waals surface area contributed by atoms with Gasteiger partial charge in [-0.3, -0.25) is 9.59 Å². The van der Waals surface area contributed by atoms with Crippen molar-refractivity contribution in [3.63, 3.8) is 0 Å². The molecule has 1 aliphatic carbocycles. The summed E-state index contributed by atoms with van der Waals surface area (Å²) in [4.78, 5) is 24.5. The van der Waals surface area contributed by atoms with Crippen molar-refractivity contribution in [3.05, 3.63) is 34.9 Å². The van der Waals surface area contributed by atoms with Crippen LogP contribution in [0.5, 0.6) is 11.5 Å². The summed E-state index contributed by atoms with van der Waals surface area (Å²) in [6.07, 6.45) is 5.81. The Morgan fingerprint density at radius 2 is 1.75 bits per heavy atom. The van der Waals surface area contributed by atoms with Gasteiger partial charge in [-0.15, -0.1) is 0 Å². The average molecular weight is 331 g/mol. The zero-order chi connectivity index (χ0) is 17.7. The van der Waals surface area contributed by atoms with E-state index in [-0.39, 0.29) is 34.2 Å². The third-order valence-electron chi connectivity index (χ3n) is 4.00. The molecule has 0 aromatic heterocycles. The van der Waals surface area contributed by atoms with E-state index in [0.717, 1.165) is 19.3 Å². The maximum Gasteiger partial charge on any atom is 0.190 e. The summed E-state index contributed by atoms with van der Waals surface area (Å²) in [6, 6.07) is 1.59. The Bertz CT molecular complexity index is 719. The number of hydrogen-bond donors (Lipinski definition) is 1. The first-order valence-corrected chi connectivity index (χ1v) is 7.86. The molecule has 0 atom stereocenters. The van der Waals surface area contributed by atoms with Gasteiger partial charge in [0.05, 0.1) is 31.1 Å². The maximum atomic E-state index is 12.3. The molecule has 0 heterocycles. The fraction of sp³-hybridized carbons (Fsp3) is 0.389. The predicted octanol–water partition coefficient (Wildman–Crippen LogP) is 3.40. The molecular formula is C18H21NO5. The molecule has 0 unspecified atom stereocenters. The maximum absolute atomic E-state index is 12.3. The second-order valence-corrected chi connectivity index (χ2v) is 5.48. The molecule has 2 rings (SSSR count). The largest absolute Gasteiger partial charge is 0.496 e. The fourth-order valence-corrected chi connectivity index (χ4v) is 2.81. The number of allylic oxidation sites excluding steroid dienone is 2. The lowest BCUT2D eigenvalue weighted by atomic mass is 9.88. The molecule has 0 saturated carbocycles. The van der Waals surface area contributed by atoms with Crippen LogP contribution < -0.4 is 9.47 Å². The van der Waals surface area contributed by atoms with Gasteiger partial charge in [-0.2, -0.15) is 0 Å². The van der Waals surface area contributed by atoms with E-state index in [9.17, 15) is 14.8 Å². The number of carbonyl (C=O) groups is 2. The minimum atomic E-state index is -0.340. The van der Waals surface area contributed by atoms with Crippen molar-refractivity contribution in [3.8, 4) is 11.5 Å². The van der Waals surface area contributed by atoms with Gasteiger partial charge in [0, 0.05) is 5.56 Å². The van der Waals surface area contributed by atoms with Crippen molar-refractivity contribution in [2.24, 2.45) is 5.16 Å². The Morgan fingerprint density at radius 1 is 1.08 bits per heavy atom. The van der Waals surface area contributed by atoms with Gasteiger partial charge >= 0.3 is 0 Å². The van der Waals surface area contributed by atoms with Crippen LogP contribution in [-0.2, 0) is 0 Å². The van der Waals surface area contributed by atoms with Gasteiger partial charge in [-0.25, -0.2) is 0 Å². The molecule has 1 aromatic carbocycles. The van der Waals surface area contributed by atoms with E-state index in [4.69, 9.17) is 9.47 Å². The molecule has 0 bridgehead atoms. The van der Waals surface area contributed by atoms with Crippen molar-refractivity contribution >= 4 is 17.3 Å². The highest BCUT2D eigenvalue weighted by Gasteiger charge is 2.31. The van der Waals surface area contributed by atoms with Crippen molar-refractivity contribution in [1.29, 1.82) is 0 Å². The van der Waals surface area contributed by atoms with E-state index >= 15 is 0 Å². The number of nitrogens with zero attached hydrogens (tertiary/aromatic N) is 1. The van der Waals surface area contributed by atoms with Crippen LogP contribution in [0.15, 0.2) is 23.4 Å². The normalized spacial score (nSPS) is 13.9. The Morgan fingerprint density at radius 3 is 2.29 bits per heavy atom. The Hall–Kier alpha value is -2.63. The monoisotopic (exact) mass is 331 g/mol. The average Bonchev–Trinajstić information content (AvgIpc) is 2.60. The fourth-order valence-electron chi connectivity index (χ4n) is 2.81. The zero-order valence-electron chi connectivity index (χ0n) is 14.1. The summed E-state index contributed by atoms with van der Waals surface area (Å²) in [5.74, 6) is -0.162. The summed E-state index contributed by atoms with van der Waals surface area (Å²) < 4.78 is 10.7. The smallest absolute Gasteiger partial charge is 0.190 e. The highest BCUT2D eigenvalue weighted by Crippen LogP contribution is 2.38. The third-order valence-corrected chi connectivity index (χ3v) is 4.00. The number of ketones is 2. The first-order valence-electron chi connectivity index (χ1n) is 7.86. The van der Waals surface area contributed by atoms with E-state index < -0.39 is 0 Å². The summed E-state index contributed by atoms with van der Waals surface area (Å²) in [6.45, 7) is 2.08. The molecule has 6 nitrogen and oxygen atoms in total. The van der Waals surface area contributed by atoms with Crippen LogP contribution in [0.2, 0.25) is 0 Å². The van der Waals surface area contributed by atoms with E-state index in [0.29, 0.717) is 17.7 Å². The minimum Gasteiger partial charge on any atom is -0.496 e. The van der Waals surface area contributed by atoms with Crippen LogP contribution in [0, 0.1) is 0 Å². The quantitative estimate of drug-likeness (QED) is 0.358.